The van der Waals surface area contributed by atoms with Gasteiger partial charge >= 0.3 is 0 Å². The second-order valence-corrected chi connectivity index (χ2v) is 7.44. The summed E-state index contributed by atoms with van der Waals surface area (Å²) < 4.78 is 2.06. The maximum Gasteiger partial charge on any atom is 0.180 e. The third-order valence-corrected chi connectivity index (χ3v) is 5.45. The highest BCUT2D eigenvalue weighted by molar-refractivity contribution is 5.76. The fourth-order valence-corrected chi connectivity index (χ4v) is 3.94. The van der Waals surface area contributed by atoms with Crippen LogP contribution in [-0.2, 0) is 0 Å². The Balaban J connectivity index is 1.50. The van der Waals surface area contributed by atoms with Crippen LogP contribution in [0, 0.1) is 0 Å². The number of nitrogens with one attached hydrogen (secondary N) is 1. The van der Waals surface area contributed by atoms with Crippen molar-refractivity contribution in [3.63, 3.8) is 0 Å². The number of benzene rings is 2. The van der Waals surface area contributed by atoms with E-state index in [0.717, 1.165) is 40.8 Å². The number of hydrogen-bond acceptors (Lipinski definition) is 7. The largest absolute Gasteiger partial charge is 0.372 e. The van der Waals surface area contributed by atoms with Crippen LogP contribution in [0.25, 0.3) is 16.9 Å². The van der Waals surface area contributed by atoms with Crippen LogP contribution >= 0.6 is 0 Å². The summed E-state index contributed by atoms with van der Waals surface area (Å²) in [6.07, 6.45) is 8.11. The van der Waals surface area contributed by atoms with Gasteiger partial charge in [0.05, 0.1) is 17.6 Å². The van der Waals surface area contributed by atoms with Gasteiger partial charge < -0.3 is 10.2 Å². The first-order valence-corrected chi connectivity index (χ1v) is 10.0. The lowest BCUT2D eigenvalue weighted by molar-refractivity contribution is 0.925. The molecule has 0 amide bonds. The van der Waals surface area contributed by atoms with Gasteiger partial charge in [0.25, 0.3) is 0 Å². The van der Waals surface area contributed by atoms with Gasteiger partial charge in [-0.3, -0.25) is 4.40 Å². The van der Waals surface area contributed by atoms with E-state index in [2.05, 4.69) is 48.9 Å². The Morgan fingerprint density at radius 2 is 1.80 bits per heavy atom. The van der Waals surface area contributed by atoms with E-state index < -0.39 is 0 Å². The average Bonchev–Trinajstić information content (AvgIpc) is 3.45. The molecular weight excluding hydrogens is 376 g/mol. The number of imidazole rings is 1. The molecule has 0 bridgehead atoms. The van der Waals surface area contributed by atoms with Crippen molar-refractivity contribution >= 4 is 28.5 Å². The molecule has 5 rings (SSSR count). The monoisotopic (exact) mass is 400 g/mol. The Hall–Kier alpha value is -3.62. The molecule has 1 aliphatic heterocycles. The molecule has 4 aromatic rings. The molecule has 0 unspecified atom stereocenters. The lowest BCUT2D eigenvalue weighted by Gasteiger charge is -2.18. The number of hydrogen-bond donors (Lipinski definition) is 3. The maximum atomic E-state index is 5.64. The highest BCUT2D eigenvalue weighted by atomic mass is 15.6. The van der Waals surface area contributed by atoms with Crippen molar-refractivity contribution in [1.29, 1.82) is 0 Å². The SMILES string of the molecule is NN(N)c1cccc(Nc2nccn3c(-c4cccc(N5CCCC5)c4)cnc23)c1. The molecule has 0 saturated carbocycles. The summed E-state index contributed by atoms with van der Waals surface area (Å²) in [6.45, 7) is 2.24. The van der Waals surface area contributed by atoms with E-state index in [1.807, 2.05) is 36.7 Å². The second kappa shape index (κ2) is 7.66. The number of fused-ring (bicyclic) bond motifs is 1. The summed E-state index contributed by atoms with van der Waals surface area (Å²) >= 11 is 0. The minimum Gasteiger partial charge on any atom is -0.372 e. The number of nitrogens with two attached hydrogens (primary N) is 2. The summed E-state index contributed by atoms with van der Waals surface area (Å²) in [5, 5.41) is 4.41. The summed E-state index contributed by atoms with van der Waals surface area (Å²) in [6, 6.07) is 16.2. The predicted octanol–water partition coefficient (Wildman–Crippen LogP) is 3.29. The van der Waals surface area contributed by atoms with Crippen molar-refractivity contribution in [2.45, 2.75) is 12.8 Å². The van der Waals surface area contributed by atoms with Gasteiger partial charge in [0.15, 0.2) is 11.5 Å². The first-order chi connectivity index (χ1) is 14.7. The molecule has 30 heavy (non-hydrogen) atoms. The van der Waals surface area contributed by atoms with Crippen LogP contribution in [0.15, 0.2) is 67.1 Å². The highest BCUT2D eigenvalue weighted by Gasteiger charge is 2.15. The molecule has 0 radical (unpaired) electrons. The Labute approximate surface area is 174 Å². The molecule has 0 atom stereocenters. The van der Waals surface area contributed by atoms with Crippen LogP contribution in [-0.4, -0.2) is 27.5 Å². The topological polar surface area (TPSA) is 101 Å². The van der Waals surface area contributed by atoms with E-state index >= 15 is 0 Å². The Morgan fingerprint density at radius 1 is 0.967 bits per heavy atom. The van der Waals surface area contributed by atoms with Gasteiger partial charge in [-0.1, -0.05) is 18.2 Å². The van der Waals surface area contributed by atoms with E-state index in [1.54, 1.807) is 6.20 Å². The molecule has 1 aliphatic rings. The van der Waals surface area contributed by atoms with Crippen LogP contribution < -0.4 is 27.0 Å². The van der Waals surface area contributed by atoms with E-state index in [1.165, 1.54) is 18.5 Å². The first kappa shape index (κ1) is 18.4. The Morgan fingerprint density at radius 3 is 2.63 bits per heavy atom. The van der Waals surface area contributed by atoms with E-state index in [0.29, 0.717) is 11.5 Å². The summed E-state index contributed by atoms with van der Waals surface area (Å²) in [5.41, 5.74) is 5.69. The van der Waals surface area contributed by atoms with Gasteiger partial charge in [0, 0.05) is 42.4 Å². The fourth-order valence-electron chi connectivity index (χ4n) is 3.94. The van der Waals surface area contributed by atoms with Crippen LogP contribution in [0.1, 0.15) is 12.8 Å². The number of rotatable bonds is 5. The molecule has 1 fully saturated rings. The molecule has 2 aromatic carbocycles. The molecule has 1 saturated heterocycles. The zero-order valence-corrected chi connectivity index (χ0v) is 16.6. The van der Waals surface area contributed by atoms with Crippen molar-refractivity contribution in [2.24, 2.45) is 11.7 Å². The third-order valence-electron chi connectivity index (χ3n) is 5.45. The average molecular weight is 400 g/mol. The minimum atomic E-state index is 0.664. The Bertz CT molecular complexity index is 1180. The first-order valence-electron chi connectivity index (χ1n) is 10.0. The second-order valence-electron chi connectivity index (χ2n) is 7.44. The normalized spacial score (nSPS) is 13.7. The lowest BCUT2D eigenvalue weighted by atomic mass is 10.1. The molecule has 3 heterocycles. The van der Waals surface area contributed by atoms with Gasteiger partial charge in [-0.15, -0.1) is 0 Å². The number of anilines is 4. The summed E-state index contributed by atoms with van der Waals surface area (Å²) in [7, 11) is 0. The number of nitrogens with zero attached hydrogens (tertiary/aromatic N) is 5. The van der Waals surface area contributed by atoms with Crippen LogP contribution in [0.4, 0.5) is 22.9 Å². The predicted molar refractivity (Wildman–Crippen MR) is 120 cm³/mol. The van der Waals surface area contributed by atoms with Gasteiger partial charge in [-0.05, 0) is 43.2 Å². The molecule has 8 heteroatoms. The van der Waals surface area contributed by atoms with Gasteiger partial charge in [0.2, 0.25) is 0 Å². The summed E-state index contributed by atoms with van der Waals surface area (Å²) in [4.78, 5) is 11.6. The van der Waals surface area contributed by atoms with E-state index in [9.17, 15) is 0 Å². The van der Waals surface area contributed by atoms with Crippen LogP contribution in [0.5, 0.6) is 0 Å². The summed E-state index contributed by atoms with van der Waals surface area (Å²) in [5.74, 6) is 11.9. The van der Waals surface area contributed by atoms with Gasteiger partial charge in [0.1, 0.15) is 0 Å². The van der Waals surface area contributed by atoms with Crippen molar-refractivity contribution in [2.75, 3.05) is 28.4 Å². The molecule has 0 aliphatic carbocycles. The fraction of sp³-hybridized carbons (Fsp3) is 0.182. The van der Waals surface area contributed by atoms with Crippen LogP contribution in [0.2, 0.25) is 0 Å². The third kappa shape index (κ3) is 3.42. The highest BCUT2D eigenvalue weighted by Crippen LogP contribution is 2.29. The zero-order valence-electron chi connectivity index (χ0n) is 16.6. The molecule has 8 nitrogen and oxygen atoms in total. The molecule has 0 spiro atoms. The Kier molecular flexibility index (Phi) is 4.70. The minimum absolute atomic E-state index is 0.664. The quantitative estimate of drug-likeness (QED) is 0.349. The zero-order chi connectivity index (χ0) is 20.5. The number of aromatic nitrogens is 3. The molecular formula is C22H24N8. The van der Waals surface area contributed by atoms with E-state index in [4.69, 9.17) is 11.7 Å². The molecule has 2 aromatic heterocycles. The smallest absolute Gasteiger partial charge is 0.180 e. The van der Waals surface area contributed by atoms with Crippen molar-refractivity contribution in [3.05, 3.63) is 67.1 Å². The molecule has 152 valence electrons. The standard InChI is InChI=1S/C22H24N8/c23-30(24)19-8-4-6-17(14-19)27-21-22-26-15-20(29(22)12-9-25-21)16-5-3-7-18(13-16)28-10-1-2-11-28/h3-9,12-15H,1-2,10-11,23-24H2,(H,25,27). The lowest BCUT2D eigenvalue weighted by Crippen LogP contribution is -2.37. The van der Waals surface area contributed by atoms with Crippen molar-refractivity contribution in [1.82, 2.24) is 14.4 Å². The van der Waals surface area contributed by atoms with E-state index in [-0.39, 0.29) is 0 Å². The van der Waals surface area contributed by atoms with Gasteiger partial charge in [-0.25, -0.2) is 26.8 Å². The van der Waals surface area contributed by atoms with Crippen molar-refractivity contribution < 1.29 is 0 Å². The number of hydrazine groups is 2. The van der Waals surface area contributed by atoms with Crippen LogP contribution in [0.3, 0.4) is 0 Å². The maximum absolute atomic E-state index is 5.64. The van der Waals surface area contributed by atoms with Gasteiger partial charge in [-0.2, -0.15) is 0 Å². The van der Waals surface area contributed by atoms with Crippen molar-refractivity contribution in [3.8, 4) is 11.3 Å². The molecule has 5 N–H and O–H groups in total.